The Kier molecular flexibility index (Phi) is 5.60. The molecule has 4 rings (SSSR count). The van der Waals surface area contributed by atoms with Gasteiger partial charge in [-0.05, 0) is 97.4 Å². The van der Waals surface area contributed by atoms with Gasteiger partial charge in [0.05, 0.1) is 0 Å². The molecule has 0 aromatic carbocycles. The van der Waals surface area contributed by atoms with Crippen LogP contribution in [0.4, 0.5) is 0 Å². The van der Waals surface area contributed by atoms with Gasteiger partial charge in [0.15, 0.2) is 5.78 Å². The maximum atomic E-state index is 12.0. The molecule has 4 unspecified atom stereocenters. The fraction of sp³-hybridized carbons (Fsp3) is 0.889. The number of ketones is 1. The molecular formula is C27H44O. The van der Waals surface area contributed by atoms with Crippen LogP contribution < -0.4 is 0 Å². The zero-order chi connectivity index (χ0) is 20.1. The Morgan fingerprint density at radius 3 is 2.50 bits per heavy atom. The maximum Gasteiger partial charge on any atom is 0.155 e. The van der Waals surface area contributed by atoms with Crippen LogP contribution in [0.2, 0.25) is 0 Å². The summed E-state index contributed by atoms with van der Waals surface area (Å²) in [6.45, 7) is 12.5. The van der Waals surface area contributed by atoms with Gasteiger partial charge in [0.25, 0.3) is 0 Å². The van der Waals surface area contributed by atoms with E-state index in [9.17, 15) is 4.79 Å². The first kappa shape index (κ1) is 20.7. The van der Waals surface area contributed by atoms with Crippen molar-refractivity contribution in [3.05, 3.63) is 11.6 Å². The lowest BCUT2D eigenvalue weighted by Gasteiger charge is -2.58. The van der Waals surface area contributed by atoms with Crippen LogP contribution in [0.5, 0.6) is 0 Å². The average molecular weight is 385 g/mol. The Balaban J connectivity index is 1.49. The van der Waals surface area contributed by atoms with Crippen LogP contribution in [-0.4, -0.2) is 5.78 Å². The van der Waals surface area contributed by atoms with Gasteiger partial charge < -0.3 is 0 Å². The van der Waals surface area contributed by atoms with Gasteiger partial charge in [-0.2, -0.15) is 0 Å². The third-order valence-corrected chi connectivity index (χ3v) is 10.2. The quantitative estimate of drug-likeness (QED) is 0.477. The fourth-order valence-corrected chi connectivity index (χ4v) is 8.58. The number of rotatable bonds is 5. The molecule has 0 N–H and O–H groups in total. The molecule has 0 aliphatic heterocycles. The first-order chi connectivity index (χ1) is 13.3. The largest absolute Gasteiger partial charge is 0.295 e. The van der Waals surface area contributed by atoms with Crippen LogP contribution in [0.1, 0.15) is 105 Å². The van der Waals surface area contributed by atoms with E-state index in [4.69, 9.17) is 0 Å². The second-order valence-electron chi connectivity index (χ2n) is 12.0. The fourth-order valence-electron chi connectivity index (χ4n) is 8.58. The Labute approximate surface area is 174 Å². The zero-order valence-corrected chi connectivity index (χ0v) is 19.2. The summed E-state index contributed by atoms with van der Waals surface area (Å²) in [5, 5.41) is 0. The minimum absolute atomic E-state index is 0.332. The van der Waals surface area contributed by atoms with E-state index in [-0.39, 0.29) is 0 Å². The van der Waals surface area contributed by atoms with E-state index < -0.39 is 0 Å². The average Bonchev–Trinajstić information content (AvgIpc) is 2.99. The monoisotopic (exact) mass is 384 g/mol. The number of allylic oxidation sites excluding steroid dienone is 1. The van der Waals surface area contributed by atoms with Crippen molar-refractivity contribution in [2.45, 2.75) is 105 Å². The summed E-state index contributed by atoms with van der Waals surface area (Å²) >= 11 is 0. The summed E-state index contributed by atoms with van der Waals surface area (Å²) in [5.74, 6) is 5.79. The van der Waals surface area contributed by atoms with Crippen molar-refractivity contribution in [3.63, 3.8) is 0 Å². The third kappa shape index (κ3) is 3.33. The molecule has 3 fully saturated rings. The van der Waals surface area contributed by atoms with Crippen molar-refractivity contribution in [2.75, 3.05) is 0 Å². The number of fused-ring (bicyclic) bond motifs is 5. The predicted octanol–water partition coefficient (Wildman–Crippen LogP) is 7.60. The summed E-state index contributed by atoms with van der Waals surface area (Å²) in [7, 11) is 0. The number of carbonyl (C=O) groups is 1. The molecule has 1 nitrogen and oxygen atoms in total. The number of hydrogen-bond donors (Lipinski definition) is 0. The highest BCUT2D eigenvalue weighted by Crippen LogP contribution is 2.67. The molecule has 0 aromatic rings. The first-order valence-electron chi connectivity index (χ1n) is 12.5. The Morgan fingerprint density at radius 2 is 1.75 bits per heavy atom. The molecule has 158 valence electrons. The maximum absolute atomic E-state index is 12.0. The van der Waals surface area contributed by atoms with Crippen molar-refractivity contribution in [2.24, 2.45) is 46.3 Å². The summed E-state index contributed by atoms with van der Waals surface area (Å²) in [6, 6.07) is 0. The standard InChI is InChI=1S/C27H44O/c1-18(2)7-6-8-19(3)23-11-12-24-22-10-9-20-17-21(28)13-15-26(20,4)25(22)14-16-27(23,24)5/h17-19,22-25H,6-16H2,1-5H3/t19-,22?,23?,24?,25?,26+,27+/m1/s1. The lowest BCUT2D eigenvalue weighted by Crippen LogP contribution is -2.50. The van der Waals surface area contributed by atoms with Gasteiger partial charge in [0.1, 0.15) is 0 Å². The van der Waals surface area contributed by atoms with Crippen LogP contribution in [-0.2, 0) is 4.79 Å². The van der Waals surface area contributed by atoms with E-state index in [0.29, 0.717) is 16.6 Å². The molecule has 0 amide bonds. The van der Waals surface area contributed by atoms with E-state index >= 15 is 0 Å². The highest BCUT2D eigenvalue weighted by molar-refractivity contribution is 5.91. The van der Waals surface area contributed by atoms with Crippen molar-refractivity contribution < 1.29 is 4.79 Å². The predicted molar refractivity (Wildman–Crippen MR) is 118 cm³/mol. The van der Waals surface area contributed by atoms with Gasteiger partial charge in [-0.1, -0.05) is 59.5 Å². The van der Waals surface area contributed by atoms with Gasteiger partial charge in [-0.3, -0.25) is 4.79 Å². The van der Waals surface area contributed by atoms with E-state index in [1.807, 2.05) is 0 Å². The molecule has 1 heteroatoms. The van der Waals surface area contributed by atoms with Gasteiger partial charge in [-0.25, -0.2) is 0 Å². The second-order valence-corrected chi connectivity index (χ2v) is 12.0. The molecule has 0 bridgehead atoms. The smallest absolute Gasteiger partial charge is 0.155 e. The Bertz CT molecular complexity index is 630. The molecule has 3 saturated carbocycles. The molecule has 28 heavy (non-hydrogen) atoms. The molecular weight excluding hydrogens is 340 g/mol. The normalized spacial score (nSPS) is 43.9. The third-order valence-electron chi connectivity index (χ3n) is 10.2. The molecule has 0 aromatic heterocycles. The zero-order valence-electron chi connectivity index (χ0n) is 19.2. The van der Waals surface area contributed by atoms with Gasteiger partial charge in [-0.15, -0.1) is 0 Å². The van der Waals surface area contributed by atoms with Gasteiger partial charge in [0, 0.05) is 6.42 Å². The number of carbonyl (C=O) groups excluding carboxylic acids is 1. The molecule has 0 radical (unpaired) electrons. The summed E-state index contributed by atoms with van der Waals surface area (Å²) in [4.78, 5) is 12.0. The van der Waals surface area contributed by atoms with Crippen molar-refractivity contribution >= 4 is 5.78 Å². The van der Waals surface area contributed by atoms with E-state index in [2.05, 4.69) is 40.7 Å². The van der Waals surface area contributed by atoms with Crippen molar-refractivity contribution in [3.8, 4) is 0 Å². The van der Waals surface area contributed by atoms with Crippen molar-refractivity contribution in [1.29, 1.82) is 0 Å². The topological polar surface area (TPSA) is 17.1 Å². The van der Waals surface area contributed by atoms with E-state index in [1.165, 1.54) is 63.4 Å². The minimum Gasteiger partial charge on any atom is -0.295 e. The van der Waals surface area contributed by atoms with E-state index in [1.54, 1.807) is 0 Å². The molecule has 0 heterocycles. The number of hydrogen-bond acceptors (Lipinski definition) is 1. The summed E-state index contributed by atoms with van der Waals surface area (Å²) in [5.41, 5.74) is 2.43. The van der Waals surface area contributed by atoms with Crippen LogP contribution in [0.25, 0.3) is 0 Å². The van der Waals surface area contributed by atoms with Crippen LogP contribution in [0.3, 0.4) is 0 Å². The minimum atomic E-state index is 0.332. The Hall–Kier alpha value is -0.590. The SMILES string of the molecule is CC(C)CCC[C@@H](C)C1CCC2C3CCC4=CC(=O)CC[C@]4(C)C3CC[C@]21C. The molecule has 4 aliphatic rings. The van der Waals surface area contributed by atoms with Crippen molar-refractivity contribution in [1.82, 2.24) is 0 Å². The summed E-state index contributed by atoms with van der Waals surface area (Å²) < 4.78 is 0. The molecule has 7 atom stereocenters. The molecule has 4 aliphatic carbocycles. The van der Waals surface area contributed by atoms with Crippen LogP contribution >= 0.6 is 0 Å². The highest BCUT2D eigenvalue weighted by Gasteiger charge is 2.59. The van der Waals surface area contributed by atoms with Crippen LogP contribution in [0, 0.1) is 46.3 Å². The van der Waals surface area contributed by atoms with E-state index in [0.717, 1.165) is 48.3 Å². The molecule has 0 spiro atoms. The Morgan fingerprint density at radius 1 is 0.964 bits per heavy atom. The molecule has 0 saturated heterocycles. The van der Waals surface area contributed by atoms with Crippen LogP contribution in [0.15, 0.2) is 11.6 Å². The highest BCUT2D eigenvalue weighted by atomic mass is 16.1. The van der Waals surface area contributed by atoms with Gasteiger partial charge >= 0.3 is 0 Å². The second kappa shape index (κ2) is 7.59. The lowest BCUT2D eigenvalue weighted by molar-refractivity contribution is -0.117. The first-order valence-corrected chi connectivity index (χ1v) is 12.5. The summed E-state index contributed by atoms with van der Waals surface area (Å²) in [6.07, 6.45) is 16.6. The van der Waals surface area contributed by atoms with Gasteiger partial charge in [0.2, 0.25) is 0 Å². The lowest BCUT2D eigenvalue weighted by atomic mass is 9.46.